The summed E-state index contributed by atoms with van der Waals surface area (Å²) in [5.74, 6) is 0.150. The maximum atomic E-state index is 13.3. The van der Waals surface area contributed by atoms with Gasteiger partial charge in [0.1, 0.15) is 5.83 Å². The lowest BCUT2D eigenvalue weighted by Gasteiger charge is -1.93. The average Bonchev–Trinajstić information content (AvgIpc) is 2.80. The predicted octanol–water partition coefficient (Wildman–Crippen LogP) is 2.51. The lowest BCUT2D eigenvalue weighted by Crippen LogP contribution is -1.83. The van der Waals surface area contributed by atoms with Gasteiger partial charge < -0.3 is 5.11 Å². The zero-order valence-electron chi connectivity index (χ0n) is 8.30. The Hall–Kier alpha value is -1.59. The Bertz CT molecular complexity index is 496. The third-order valence-corrected chi connectivity index (χ3v) is 2.87. The molecule has 2 aromatic rings. The van der Waals surface area contributed by atoms with Crippen molar-refractivity contribution in [1.29, 1.82) is 0 Å². The maximum Gasteiger partial charge on any atom is 0.159 e. The van der Waals surface area contributed by atoms with Gasteiger partial charge in [-0.1, -0.05) is 0 Å². The van der Waals surface area contributed by atoms with Crippen LogP contribution in [-0.2, 0) is 0 Å². The van der Waals surface area contributed by atoms with Crippen molar-refractivity contribution in [3.8, 4) is 11.4 Å². The van der Waals surface area contributed by atoms with Gasteiger partial charge in [-0.05, 0) is 18.2 Å². The molecule has 0 aliphatic heterocycles. The zero-order valence-corrected chi connectivity index (χ0v) is 9.12. The summed E-state index contributed by atoms with van der Waals surface area (Å²) in [7, 11) is 0. The van der Waals surface area contributed by atoms with E-state index in [-0.39, 0.29) is 6.61 Å². The van der Waals surface area contributed by atoms with Gasteiger partial charge in [-0.15, -0.1) is 11.3 Å². The van der Waals surface area contributed by atoms with Crippen LogP contribution in [0.2, 0.25) is 0 Å². The summed E-state index contributed by atoms with van der Waals surface area (Å²) in [5.41, 5.74) is 0.780. The largest absolute Gasteiger partial charge is 0.392 e. The quantitative estimate of drug-likeness (QED) is 0.890. The van der Waals surface area contributed by atoms with E-state index in [0.717, 1.165) is 11.6 Å². The van der Waals surface area contributed by atoms with Gasteiger partial charge in [0.15, 0.2) is 5.82 Å². The van der Waals surface area contributed by atoms with Crippen molar-refractivity contribution in [2.24, 2.45) is 0 Å². The van der Waals surface area contributed by atoms with E-state index in [1.54, 1.807) is 29.9 Å². The first-order valence-corrected chi connectivity index (χ1v) is 5.52. The fraction of sp³-hybridized carbons (Fsp3) is 0.0909. The van der Waals surface area contributed by atoms with Crippen LogP contribution in [0.15, 0.2) is 36.0 Å². The first-order chi connectivity index (χ1) is 7.81. The molecule has 0 atom stereocenters. The number of aromatic nitrogens is 2. The molecule has 2 heterocycles. The van der Waals surface area contributed by atoms with Crippen LogP contribution >= 0.6 is 11.3 Å². The molecule has 0 aliphatic carbocycles. The molecule has 0 unspecified atom stereocenters. The highest BCUT2D eigenvalue weighted by atomic mass is 32.1. The zero-order chi connectivity index (χ0) is 11.4. The molecule has 0 radical (unpaired) electrons. The highest BCUT2D eigenvalue weighted by Gasteiger charge is 2.07. The van der Waals surface area contributed by atoms with E-state index in [9.17, 15) is 4.39 Å². The van der Waals surface area contributed by atoms with Crippen molar-refractivity contribution < 1.29 is 9.50 Å². The number of hydrogen-bond acceptors (Lipinski definition) is 4. The summed E-state index contributed by atoms with van der Waals surface area (Å²) in [4.78, 5) is 8.61. The summed E-state index contributed by atoms with van der Waals surface area (Å²) in [6.45, 7) is -0.305. The lowest BCUT2D eigenvalue weighted by molar-refractivity contribution is 0.342. The van der Waals surface area contributed by atoms with Crippen molar-refractivity contribution >= 4 is 17.2 Å². The molecule has 0 saturated heterocycles. The van der Waals surface area contributed by atoms with Crippen LogP contribution in [0.5, 0.6) is 0 Å². The predicted molar refractivity (Wildman–Crippen MR) is 61.5 cm³/mol. The van der Waals surface area contributed by atoms with Gasteiger partial charge in [0.25, 0.3) is 0 Å². The van der Waals surface area contributed by atoms with Crippen molar-refractivity contribution in [3.05, 3.63) is 40.9 Å². The minimum Gasteiger partial charge on any atom is -0.392 e. The molecule has 5 heteroatoms. The molecule has 0 aliphatic rings. The van der Waals surface area contributed by atoms with Crippen molar-refractivity contribution in [1.82, 2.24) is 9.97 Å². The van der Waals surface area contributed by atoms with E-state index in [4.69, 9.17) is 5.11 Å². The summed E-state index contributed by atoms with van der Waals surface area (Å²) < 4.78 is 13.3. The van der Waals surface area contributed by atoms with Gasteiger partial charge in [-0.25, -0.2) is 14.4 Å². The molecule has 0 spiro atoms. The van der Waals surface area contributed by atoms with Crippen LogP contribution in [0.1, 0.15) is 4.88 Å². The van der Waals surface area contributed by atoms with Gasteiger partial charge >= 0.3 is 0 Å². The smallest absolute Gasteiger partial charge is 0.159 e. The van der Waals surface area contributed by atoms with Gasteiger partial charge in [0, 0.05) is 23.3 Å². The highest BCUT2D eigenvalue weighted by Crippen LogP contribution is 2.28. The van der Waals surface area contributed by atoms with Crippen LogP contribution in [0.4, 0.5) is 4.39 Å². The number of aliphatic hydroxyl groups excluding tert-OH is 1. The Morgan fingerprint density at radius 2 is 2.19 bits per heavy atom. The molecule has 82 valence electrons. The number of thiophene rings is 1. The number of halogens is 1. The van der Waals surface area contributed by atoms with Gasteiger partial charge in [0.05, 0.1) is 11.5 Å². The third-order valence-electron chi connectivity index (χ3n) is 1.93. The minimum absolute atomic E-state index is 0.305. The second-order valence-corrected chi connectivity index (χ2v) is 3.92. The van der Waals surface area contributed by atoms with Crippen LogP contribution < -0.4 is 0 Å². The fourth-order valence-corrected chi connectivity index (χ4v) is 2.03. The molecule has 2 aromatic heterocycles. The van der Waals surface area contributed by atoms with Crippen molar-refractivity contribution in [2.45, 2.75) is 0 Å². The molecule has 0 fully saturated rings. The molecule has 1 N–H and O–H groups in total. The normalized spacial score (nSPS) is 11.8. The summed E-state index contributed by atoms with van der Waals surface area (Å²) >= 11 is 1.26. The fourth-order valence-electron chi connectivity index (χ4n) is 1.21. The van der Waals surface area contributed by atoms with E-state index < -0.39 is 5.83 Å². The summed E-state index contributed by atoms with van der Waals surface area (Å²) in [6.07, 6.45) is 4.40. The van der Waals surface area contributed by atoms with E-state index in [2.05, 4.69) is 9.97 Å². The Balaban J connectivity index is 2.30. The molecule has 16 heavy (non-hydrogen) atoms. The van der Waals surface area contributed by atoms with Crippen molar-refractivity contribution in [2.75, 3.05) is 6.61 Å². The van der Waals surface area contributed by atoms with E-state index in [0.29, 0.717) is 10.7 Å². The molecule has 0 aromatic carbocycles. The average molecular weight is 236 g/mol. The number of rotatable bonds is 3. The van der Waals surface area contributed by atoms with Crippen LogP contribution in [0, 0.1) is 0 Å². The molecule has 0 amide bonds. The van der Waals surface area contributed by atoms with Crippen LogP contribution in [-0.4, -0.2) is 21.7 Å². The van der Waals surface area contributed by atoms with E-state index >= 15 is 0 Å². The SMILES string of the molecule is OCC=C(F)c1cc(-c2ncccn2)cs1. The first kappa shape index (κ1) is 10.9. The minimum atomic E-state index is -0.422. The summed E-state index contributed by atoms with van der Waals surface area (Å²) in [6, 6.07) is 3.39. The second-order valence-electron chi connectivity index (χ2n) is 3.01. The van der Waals surface area contributed by atoms with Gasteiger partial charge in [-0.3, -0.25) is 0 Å². The van der Waals surface area contributed by atoms with E-state index in [1.807, 2.05) is 0 Å². The number of hydrogen-bond donors (Lipinski definition) is 1. The van der Waals surface area contributed by atoms with Gasteiger partial charge in [-0.2, -0.15) is 0 Å². The monoisotopic (exact) mass is 236 g/mol. The van der Waals surface area contributed by atoms with E-state index in [1.165, 1.54) is 11.3 Å². The highest BCUT2D eigenvalue weighted by molar-refractivity contribution is 7.11. The Labute approximate surface area is 95.9 Å². The standard InChI is InChI=1S/C11H9FN2OS/c12-9(2-5-15)10-6-8(7-16-10)11-13-3-1-4-14-11/h1-4,6-7,15H,5H2. The molecular weight excluding hydrogens is 227 g/mol. The lowest BCUT2D eigenvalue weighted by atomic mass is 10.2. The molecular formula is C11H9FN2OS. The molecule has 2 rings (SSSR count). The first-order valence-electron chi connectivity index (χ1n) is 4.64. The Morgan fingerprint density at radius 1 is 1.44 bits per heavy atom. The summed E-state index contributed by atoms with van der Waals surface area (Å²) in [5, 5.41) is 10.4. The van der Waals surface area contributed by atoms with Gasteiger partial charge in [0.2, 0.25) is 0 Å². The van der Waals surface area contributed by atoms with Crippen LogP contribution in [0.3, 0.4) is 0 Å². The van der Waals surface area contributed by atoms with Crippen molar-refractivity contribution in [3.63, 3.8) is 0 Å². The number of aliphatic hydroxyl groups is 1. The third kappa shape index (κ3) is 2.32. The molecule has 3 nitrogen and oxygen atoms in total. The van der Waals surface area contributed by atoms with Crippen LogP contribution in [0.25, 0.3) is 17.2 Å². The molecule has 0 saturated carbocycles. The Kier molecular flexibility index (Phi) is 3.38. The maximum absolute atomic E-state index is 13.3. The molecule has 0 bridgehead atoms. The second kappa shape index (κ2) is 4.96. The topological polar surface area (TPSA) is 46.0 Å². The Morgan fingerprint density at radius 3 is 2.88 bits per heavy atom. The number of nitrogens with zero attached hydrogens (tertiary/aromatic N) is 2.